The molecule has 2 fully saturated rings. The van der Waals surface area contributed by atoms with E-state index in [0.29, 0.717) is 55.0 Å². The van der Waals surface area contributed by atoms with Crippen molar-refractivity contribution >= 4 is 28.3 Å². The van der Waals surface area contributed by atoms with Crippen LogP contribution in [0.1, 0.15) is 39.0 Å². The summed E-state index contributed by atoms with van der Waals surface area (Å²) in [7, 11) is 3.27. The van der Waals surface area contributed by atoms with Gasteiger partial charge in [-0.25, -0.2) is 9.97 Å². The maximum absolute atomic E-state index is 12.2. The first-order valence-corrected chi connectivity index (χ1v) is 13.7. The summed E-state index contributed by atoms with van der Waals surface area (Å²) in [6.07, 6.45) is 4.47. The highest BCUT2D eigenvalue weighted by atomic mass is 16.5. The summed E-state index contributed by atoms with van der Waals surface area (Å²) < 4.78 is 16.8. The topological polar surface area (TPSA) is 119 Å². The second kappa shape index (κ2) is 12.6. The lowest BCUT2D eigenvalue weighted by molar-refractivity contribution is -0.116. The Morgan fingerprint density at radius 1 is 1.10 bits per heavy atom. The number of benzene rings is 2. The maximum Gasteiger partial charge on any atom is 0.224 e. The summed E-state index contributed by atoms with van der Waals surface area (Å²) in [4.78, 5) is 22.1. The van der Waals surface area contributed by atoms with Crippen molar-refractivity contribution in [3.63, 3.8) is 0 Å². The van der Waals surface area contributed by atoms with Gasteiger partial charge in [0.25, 0.3) is 0 Å². The first-order chi connectivity index (χ1) is 19.1. The average Bonchev–Trinajstić information content (AvgIpc) is 3.41. The van der Waals surface area contributed by atoms with E-state index in [9.17, 15) is 4.79 Å². The molecule has 10 heteroatoms. The molecule has 3 unspecified atom stereocenters. The number of hydrogen-bond donors (Lipinski definition) is 4. The van der Waals surface area contributed by atoms with Crippen LogP contribution in [-0.2, 0) is 9.53 Å². The van der Waals surface area contributed by atoms with E-state index < -0.39 is 0 Å². The van der Waals surface area contributed by atoms with E-state index >= 15 is 0 Å². The van der Waals surface area contributed by atoms with E-state index in [1.165, 1.54) is 0 Å². The third kappa shape index (κ3) is 6.41. The highest BCUT2D eigenvalue weighted by molar-refractivity contribution is 5.94. The quantitative estimate of drug-likeness (QED) is 0.269. The molecule has 1 aromatic heterocycles. The van der Waals surface area contributed by atoms with Gasteiger partial charge in [-0.1, -0.05) is 19.1 Å². The van der Waals surface area contributed by atoms with Crippen LogP contribution in [0.15, 0.2) is 36.4 Å². The first kappa shape index (κ1) is 27.1. The number of methoxy groups -OCH3 is 2. The molecule has 1 aliphatic carbocycles. The third-order valence-electron chi connectivity index (χ3n) is 7.38. The number of carbonyl (C=O) groups excluding carboxylic acids is 1. The fourth-order valence-electron chi connectivity index (χ4n) is 5.39. The molecule has 3 atom stereocenters. The van der Waals surface area contributed by atoms with Crippen LogP contribution in [0.4, 0.5) is 11.5 Å². The lowest BCUT2D eigenvalue weighted by Gasteiger charge is -2.32. The highest BCUT2D eigenvalue weighted by Gasteiger charge is 2.34. The van der Waals surface area contributed by atoms with Gasteiger partial charge in [0.05, 0.1) is 19.2 Å². The molecule has 1 saturated carbocycles. The van der Waals surface area contributed by atoms with Crippen molar-refractivity contribution in [2.24, 2.45) is 5.92 Å². The van der Waals surface area contributed by atoms with Crippen LogP contribution >= 0.6 is 0 Å². The zero-order chi connectivity index (χ0) is 27.2. The molecule has 2 heterocycles. The van der Waals surface area contributed by atoms with Crippen molar-refractivity contribution in [3.8, 4) is 22.9 Å². The van der Waals surface area contributed by atoms with Gasteiger partial charge in [0, 0.05) is 54.9 Å². The fourth-order valence-corrected chi connectivity index (χ4v) is 5.39. The SMILES string of the molecule is CCCC(=O)Nc1cccc(-c2nc(NC3CCC4NNCC4C3)c3cc(OCCOC)c(OC)cc3n2)c1. The van der Waals surface area contributed by atoms with E-state index in [2.05, 4.69) is 21.5 Å². The second-order valence-electron chi connectivity index (χ2n) is 10.2. The summed E-state index contributed by atoms with van der Waals surface area (Å²) in [6.45, 7) is 3.84. The molecule has 2 aliphatic rings. The minimum absolute atomic E-state index is 0.00586. The molecule has 1 saturated heterocycles. The summed E-state index contributed by atoms with van der Waals surface area (Å²) in [5.41, 5.74) is 9.00. The zero-order valence-corrected chi connectivity index (χ0v) is 22.9. The standard InChI is InChI=1S/C29H38N6O4/c1-4-6-27(36)31-20-8-5-7-18(13-20)28-33-24-16-25(38-3)26(39-12-11-37-2)15-22(24)29(34-28)32-21-9-10-23-19(14-21)17-30-35-23/h5,7-8,13,15-16,19,21,23,30,35H,4,6,9-12,14,17H2,1-3H3,(H,31,36)(H,32,33,34). The molecule has 5 rings (SSSR count). The van der Waals surface area contributed by atoms with Crippen molar-refractivity contribution in [1.29, 1.82) is 0 Å². The number of hydrogen-bond acceptors (Lipinski definition) is 9. The molecular weight excluding hydrogens is 496 g/mol. The molecule has 10 nitrogen and oxygen atoms in total. The number of carbonyl (C=O) groups is 1. The lowest BCUT2D eigenvalue weighted by atomic mass is 9.83. The Balaban J connectivity index is 1.52. The van der Waals surface area contributed by atoms with Gasteiger partial charge < -0.3 is 24.8 Å². The molecule has 1 amide bonds. The summed E-state index contributed by atoms with van der Waals surface area (Å²) in [5.74, 6) is 3.13. The minimum Gasteiger partial charge on any atom is -0.493 e. The van der Waals surface area contributed by atoms with Gasteiger partial charge in [0.1, 0.15) is 12.4 Å². The second-order valence-corrected chi connectivity index (χ2v) is 10.2. The van der Waals surface area contributed by atoms with Crippen LogP contribution in [0.2, 0.25) is 0 Å². The van der Waals surface area contributed by atoms with E-state index in [4.69, 9.17) is 24.2 Å². The van der Waals surface area contributed by atoms with Gasteiger partial charge in [-0.3, -0.25) is 15.6 Å². The molecular formula is C29H38N6O4. The van der Waals surface area contributed by atoms with E-state index in [1.807, 2.05) is 43.3 Å². The Kier molecular flexibility index (Phi) is 8.75. The normalized spacial score (nSPS) is 20.4. The van der Waals surface area contributed by atoms with Gasteiger partial charge in [-0.05, 0) is 49.8 Å². The van der Waals surface area contributed by atoms with Gasteiger partial charge in [0.2, 0.25) is 5.91 Å². The molecule has 0 radical (unpaired) electrons. The molecule has 39 heavy (non-hydrogen) atoms. The summed E-state index contributed by atoms with van der Waals surface area (Å²) >= 11 is 0. The number of rotatable bonds is 11. The molecule has 0 spiro atoms. The molecule has 1 aliphatic heterocycles. The zero-order valence-electron chi connectivity index (χ0n) is 22.9. The Morgan fingerprint density at radius 3 is 2.82 bits per heavy atom. The van der Waals surface area contributed by atoms with Gasteiger partial charge in [-0.15, -0.1) is 0 Å². The predicted octanol–water partition coefficient (Wildman–Crippen LogP) is 4.13. The maximum atomic E-state index is 12.2. The number of aromatic nitrogens is 2. The average molecular weight is 535 g/mol. The molecule has 0 bridgehead atoms. The highest BCUT2D eigenvalue weighted by Crippen LogP contribution is 2.37. The number of hydrazine groups is 1. The van der Waals surface area contributed by atoms with Crippen LogP contribution in [0.3, 0.4) is 0 Å². The summed E-state index contributed by atoms with van der Waals surface area (Å²) in [6, 6.07) is 12.3. The molecule has 2 aromatic carbocycles. The number of nitrogens with zero attached hydrogens (tertiary/aromatic N) is 2. The van der Waals surface area contributed by atoms with Crippen LogP contribution in [0.5, 0.6) is 11.5 Å². The molecule has 208 valence electrons. The van der Waals surface area contributed by atoms with Crippen LogP contribution < -0.4 is 31.0 Å². The van der Waals surface area contributed by atoms with Crippen molar-refractivity contribution in [1.82, 2.24) is 20.8 Å². The number of ether oxygens (including phenoxy) is 3. The Bertz CT molecular complexity index is 1300. The molecule has 3 aromatic rings. The number of nitrogens with one attached hydrogen (secondary N) is 4. The smallest absolute Gasteiger partial charge is 0.224 e. The molecule has 4 N–H and O–H groups in total. The first-order valence-electron chi connectivity index (χ1n) is 13.7. The lowest BCUT2D eigenvalue weighted by Crippen LogP contribution is -2.39. The van der Waals surface area contributed by atoms with Crippen LogP contribution in [0, 0.1) is 5.92 Å². The number of amides is 1. The van der Waals surface area contributed by atoms with E-state index in [1.54, 1.807) is 14.2 Å². The van der Waals surface area contributed by atoms with E-state index in [-0.39, 0.29) is 5.91 Å². The van der Waals surface area contributed by atoms with Crippen LogP contribution in [-0.4, -0.2) is 61.9 Å². The summed E-state index contributed by atoms with van der Waals surface area (Å²) in [5, 5.41) is 7.58. The van der Waals surface area contributed by atoms with Crippen molar-refractivity contribution in [3.05, 3.63) is 36.4 Å². The third-order valence-corrected chi connectivity index (χ3v) is 7.38. The van der Waals surface area contributed by atoms with Crippen molar-refractivity contribution in [2.75, 3.05) is 44.6 Å². The largest absolute Gasteiger partial charge is 0.493 e. The number of anilines is 2. The Hall–Kier alpha value is -3.47. The van der Waals surface area contributed by atoms with Crippen LogP contribution in [0.25, 0.3) is 22.3 Å². The van der Waals surface area contributed by atoms with Gasteiger partial charge in [-0.2, -0.15) is 0 Å². The predicted molar refractivity (Wildman–Crippen MR) is 152 cm³/mol. The van der Waals surface area contributed by atoms with Crippen molar-refractivity contribution in [2.45, 2.75) is 51.1 Å². The Morgan fingerprint density at radius 2 is 2.00 bits per heavy atom. The minimum atomic E-state index is -0.00586. The monoisotopic (exact) mass is 534 g/mol. The van der Waals surface area contributed by atoms with Crippen molar-refractivity contribution < 1.29 is 19.0 Å². The number of fused-ring (bicyclic) bond motifs is 2. The van der Waals surface area contributed by atoms with Gasteiger partial charge >= 0.3 is 0 Å². The Labute approximate surface area is 229 Å². The fraction of sp³-hybridized carbons (Fsp3) is 0.483. The van der Waals surface area contributed by atoms with Gasteiger partial charge in [0.15, 0.2) is 17.3 Å². The van der Waals surface area contributed by atoms with E-state index in [0.717, 1.165) is 60.2 Å².